The maximum Gasteiger partial charge on any atom is 0.257 e. The van der Waals surface area contributed by atoms with E-state index in [1.807, 2.05) is 45.2 Å². The van der Waals surface area contributed by atoms with Crippen LogP contribution in [0.1, 0.15) is 21.6 Å². The van der Waals surface area contributed by atoms with Crippen LogP contribution >= 0.6 is 0 Å². The lowest BCUT2D eigenvalue weighted by Gasteiger charge is -2.11. The fourth-order valence-electron chi connectivity index (χ4n) is 1.88. The lowest BCUT2D eigenvalue weighted by molar-refractivity contribution is 0.102. The third kappa shape index (κ3) is 3.10. The fraction of sp³-hybridized carbons (Fsp3) is 0.200. The first-order chi connectivity index (χ1) is 9.10. The molecule has 0 unspecified atom stereocenters. The van der Waals surface area contributed by atoms with Crippen LogP contribution < -0.4 is 10.6 Å². The lowest BCUT2D eigenvalue weighted by atomic mass is 10.1. The zero-order valence-corrected chi connectivity index (χ0v) is 11.3. The summed E-state index contributed by atoms with van der Waals surface area (Å²) in [6.45, 7) is 3.88. The first-order valence-corrected chi connectivity index (χ1v) is 6.12. The summed E-state index contributed by atoms with van der Waals surface area (Å²) < 4.78 is 0. The number of rotatable bonds is 3. The van der Waals surface area contributed by atoms with E-state index in [1.165, 1.54) is 0 Å². The van der Waals surface area contributed by atoms with Crippen LogP contribution in [0.5, 0.6) is 0 Å². The molecule has 0 fully saturated rings. The number of carbonyl (C=O) groups is 1. The van der Waals surface area contributed by atoms with Gasteiger partial charge in [-0.25, -0.2) is 0 Å². The highest BCUT2D eigenvalue weighted by molar-refractivity contribution is 6.08. The normalized spacial score (nSPS) is 10.1. The van der Waals surface area contributed by atoms with E-state index in [-0.39, 0.29) is 5.91 Å². The smallest absolute Gasteiger partial charge is 0.257 e. The Morgan fingerprint density at radius 1 is 1.16 bits per heavy atom. The molecule has 19 heavy (non-hydrogen) atoms. The SMILES string of the molecule is CNc1cc(C)ccc1C(=O)Nc1ccnc(C)c1. The molecule has 0 saturated heterocycles. The van der Waals surface area contributed by atoms with Gasteiger partial charge in [0.2, 0.25) is 0 Å². The summed E-state index contributed by atoms with van der Waals surface area (Å²) in [4.78, 5) is 16.3. The molecule has 0 bridgehead atoms. The number of anilines is 2. The van der Waals surface area contributed by atoms with Gasteiger partial charge in [0.1, 0.15) is 0 Å². The molecule has 1 amide bonds. The molecule has 98 valence electrons. The largest absolute Gasteiger partial charge is 0.387 e. The maximum atomic E-state index is 12.2. The van der Waals surface area contributed by atoms with Gasteiger partial charge in [0.25, 0.3) is 5.91 Å². The van der Waals surface area contributed by atoms with Gasteiger partial charge in [0, 0.05) is 30.3 Å². The number of aryl methyl sites for hydroxylation is 2. The molecular weight excluding hydrogens is 238 g/mol. The molecule has 4 nitrogen and oxygen atoms in total. The number of pyridine rings is 1. The lowest BCUT2D eigenvalue weighted by Crippen LogP contribution is -2.14. The predicted molar refractivity (Wildman–Crippen MR) is 77.7 cm³/mol. The molecule has 1 aromatic carbocycles. The molecule has 1 heterocycles. The van der Waals surface area contributed by atoms with Crippen LogP contribution in [-0.4, -0.2) is 17.9 Å². The Balaban J connectivity index is 2.25. The van der Waals surface area contributed by atoms with Gasteiger partial charge in [-0.15, -0.1) is 0 Å². The number of aromatic nitrogens is 1. The van der Waals surface area contributed by atoms with Crippen LogP contribution in [0.2, 0.25) is 0 Å². The molecule has 2 aromatic rings. The Kier molecular flexibility index (Phi) is 3.80. The topological polar surface area (TPSA) is 54.0 Å². The second-order valence-electron chi connectivity index (χ2n) is 4.44. The Bertz CT molecular complexity index is 608. The van der Waals surface area contributed by atoms with Crippen molar-refractivity contribution in [3.8, 4) is 0 Å². The third-order valence-electron chi connectivity index (χ3n) is 2.84. The summed E-state index contributed by atoms with van der Waals surface area (Å²) in [5.41, 5.74) is 4.18. The standard InChI is InChI=1S/C15H17N3O/c1-10-4-5-13(14(8-10)16-3)15(19)18-12-6-7-17-11(2)9-12/h4-9,16H,1-3H3,(H,17,18,19). The third-order valence-corrected chi connectivity index (χ3v) is 2.84. The average Bonchev–Trinajstić information content (AvgIpc) is 2.38. The molecule has 0 aliphatic carbocycles. The molecule has 0 atom stereocenters. The highest BCUT2D eigenvalue weighted by Gasteiger charge is 2.11. The molecule has 0 spiro atoms. The molecule has 0 saturated carbocycles. The van der Waals surface area contributed by atoms with E-state index in [4.69, 9.17) is 0 Å². The average molecular weight is 255 g/mol. The second-order valence-corrected chi connectivity index (χ2v) is 4.44. The minimum Gasteiger partial charge on any atom is -0.387 e. The van der Waals surface area contributed by atoms with Gasteiger partial charge >= 0.3 is 0 Å². The molecule has 0 aliphatic rings. The van der Waals surface area contributed by atoms with Crippen molar-refractivity contribution in [2.24, 2.45) is 0 Å². The van der Waals surface area contributed by atoms with Crippen molar-refractivity contribution in [2.45, 2.75) is 13.8 Å². The van der Waals surface area contributed by atoms with Crippen molar-refractivity contribution >= 4 is 17.3 Å². The minimum atomic E-state index is -0.130. The Morgan fingerprint density at radius 2 is 1.95 bits per heavy atom. The van der Waals surface area contributed by atoms with Gasteiger partial charge in [-0.3, -0.25) is 9.78 Å². The van der Waals surface area contributed by atoms with E-state index < -0.39 is 0 Å². The quantitative estimate of drug-likeness (QED) is 0.886. The van der Waals surface area contributed by atoms with Crippen molar-refractivity contribution in [1.82, 2.24) is 4.98 Å². The Labute approximate surface area is 112 Å². The van der Waals surface area contributed by atoms with Crippen molar-refractivity contribution in [2.75, 3.05) is 17.7 Å². The number of benzene rings is 1. The van der Waals surface area contributed by atoms with Gasteiger partial charge in [0.05, 0.1) is 5.56 Å². The van der Waals surface area contributed by atoms with Gasteiger partial charge in [0.15, 0.2) is 0 Å². The van der Waals surface area contributed by atoms with E-state index in [0.29, 0.717) is 5.56 Å². The monoisotopic (exact) mass is 255 g/mol. The number of amides is 1. The van der Waals surface area contributed by atoms with E-state index in [2.05, 4.69) is 15.6 Å². The van der Waals surface area contributed by atoms with Crippen molar-refractivity contribution < 1.29 is 4.79 Å². The van der Waals surface area contributed by atoms with Crippen molar-refractivity contribution in [3.05, 3.63) is 53.3 Å². The summed E-state index contributed by atoms with van der Waals surface area (Å²) in [6, 6.07) is 9.31. The first kappa shape index (κ1) is 13.1. The Hall–Kier alpha value is -2.36. The van der Waals surface area contributed by atoms with E-state index in [9.17, 15) is 4.79 Å². The molecule has 0 radical (unpaired) electrons. The molecule has 0 aliphatic heterocycles. The zero-order chi connectivity index (χ0) is 13.8. The van der Waals surface area contributed by atoms with Crippen LogP contribution in [0.15, 0.2) is 36.5 Å². The van der Waals surface area contributed by atoms with Crippen LogP contribution in [0.25, 0.3) is 0 Å². The van der Waals surface area contributed by atoms with Gasteiger partial charge in [-0.1, -0.05) is 6.07 Å². The molecule has 4 heteroatoms. The number of nitrogens with one attached hydrogen (secondary N) is 2. The summed E-state index contributed by atoms with van der Waals surface area (Å²) >= 11 is 0. The van der Waals surface area contributed by atoms with E-state index in [1.54, 1.807) is 12.3 Å². The Morgan fingerprint density at radius 3 is 2.63 bits per heavy atom. The van der Waals surface area contributed by atoms with Crippen LogP contribution in [-0.2, 0) is 0 Å². The summed E-state index contributed by atoms with van der Waals surface area (Å²) in [5, 5.41) is 5.92. The van der Waals surface area contributed by atoms with E-state index >= 15 is 0 Å². The van der Waals surface area contributed by atoms with Crippen molar-refractivity contribution in [3.63, 3.8) is 0 Å². The number of nitrogens with zero attached hydrogens (tertiary/aromatic N) is 1. The zero-order valence-electron chi connectivity index (χ0n) is 11.3. The predicted octanol–water partition coefficient (Wildman–Crippen LogP) is 2.99. The highest BCUT2D eigenvalue weighted by atomic mass is 16.1. The molecule has 2 rings (SSSR count). The highest BCUT2D eigenvalue weighted by Crippen LogP contribution is 2.19. The summed E-state index contributed by atoms with van der Waals surface area (Å²) in [7, 11) is 1.81. The van der Waals surface area contributed by atoms with Gasteiger partial charge in [-0.2, -0.15) is 0 Å². The number of carbonyl (C=O) groups excluding carboxylic acids is 1. The number of hydrogen-bond acceptors (Lipinski definition) is 3. The van der Waals surface area contributed by atoms with Crippen LogP contribution in [0, 0.1) is 13.8 Å². The molecule has 1 aromatic heterocycles. The van der Waals surface area contributed by atoms with Gasteiger partial charge in [-0.05, 0) is 43.7 Å². The first-order valence-electron chi connectivity index (χ1n) is 6.12. The van der Waals surface area contributed by atoms with Gasteiger partial charge < -0.3 is 10.6 Å². The second kappa shape index (κ2) is 5.52. The number of hydrogen-bond donors (Lipinski definition) is 2. The van der Waals surface area contributed by atoms with E-state index in [0.717, 1.165) is 22.6 Å². The van der Waals surface area contributed by atoms with Crippen molar-refractivity contribution in [1.29, 1.82) is 0 Å². The minimum absolute atomic E-state index is 0.130. The van der Waals surface area contributed by atoms with Crippen LogP contribution in [0.4, 0.5) is 11.4 Å². The molecular formula is C15H17N3O. The fourth-order valence-corrected chi connectivity index (χ4v) is 1.88. The van der Waals surface area contributed by atoms with Crippen LogP contribution in [0.3, 0.4) is 0 Å². The molecule has 2 N–H and O–H groups in total. The maximum absolute atomic E-state index is 12.2. The summed E-state index contributed by atoms with van der Waals surface area (Å²) in [5.74, 6) is -0.130. The summed E-state index contributed by atoms with van der Waals surface area (Å²) in [6.07, 6.45) is 1.68.